The van der Waals surface area contributed by atoms with E-state index in [0.29, 0.717) is 25.5 Å². The van der Waals surface area contributed by atoms with Crippen molar-refractivity contribution < 1.29 is 9.90 Å². The smallest absolute Gasteiger partial charge is 0.144 e. The second-order valence-electron chi connectivity index (χ2n) is 9.74. The van der Waals surface area contributed by atoms with Crippen molar-refractivity contribution in [1.82, 2.24) is 4.90 Å². The Bertz CT molecular complexity index is 1110. The van der Waals surface area contributed by atoms with Crippen LogP contribution >= 0.6 is 11.6 Å². The van der Waals surface area contributed by atoms with Crippen LogP contribution in [0.2, 0.25) is 0 Å². The van der Waals surface area contributed by atoms with Gasteiger partial charge in [0.25, 0.3) is 0 Å². The number of nitrogens with one attached hydrogen (secondary N) is 2. The number of rotatable bonds is 11. The number of benzene rings is 3. The highest BCUT2D eigenvalue weighted by Gasteiger charge is 2.46. The molecule has 2 atom stereocenters. The fraction of sp³-hybridized carbons (Fsp3) is 0.345. The van der Waals surface area contributed by atoms with Crippen LogP contribution in [0.5, 0.6) is 0 Å². The molecule has 35 heavy (non-hydrogen) atoms. The highest BCUT2D eigenvalue weighted by Crippen LogP contribution is 2.40. The van der Waals surface area contributed by atoms with E-state index in [1.807, 2.05) is 24.3 Å². The van der Waals surface area contributed by atoms with Gasteiger partial charge >= 0.3 is 0 Å². The predicted molar refractivity (Wildman–Crippen MR) is 144 cm³/mol. The Morgan fingerprint density at radius 2 is 1.57 bits per heavy atom. The molecular weight excluding hydrogens is 458 g/mol. The first-order valence-electron chi connectivity index (χ1n) is 12.0. The first-order valence-corrected chi connectivity index (χ1v) is 12.6. The second kappa shape index (κ2) is 11.3. The van der Waals surface area contributed by atoms with Gasteiger partial charge in [-0.25, -0.2) is 0 Å². The van der Waals surface area contributed by atoms with Gasteiger partial charge in [0.05, 0.1) is 24.0 Å². The van der Waals surface area contributed by atoms with Gasteiger partial charge in [0.15, 0.2) is 0 Å². The van der Waals surface area contributed by atoms with Crippen molar-refractivity contribution in [2.24, 2.45) is 5.41 Å². The zero-order chi connectivity index (χ0) is 24.8. The maximum atomic E-state index is 12.5. The molecule has 0 spiro atoms. The standard InChI is InChI=1S/C29H34ClN3O2/c1-21-7-11-23(12-8-21)15-31-25-5-3-4-6-26(25)32-27(16-34)28(24-13-9-22(2)10-14-24)33-18-29(17-30,19-33)20-35/h3-14,16,27-28,31-32,35H,15,17-20H2,1-2H3. The molecule has 1 saturated heterocycles. The van der Waals surface area contributed by atoms with Crippen molar-refractivity contribution in [3.63, 3.8) is 0 Å². The number of hydrogen-bond acceptors (Lipinski definition) is 5. The second-order valence-corrected chi connectivity index (χ2v) is 10.0. The summed E-state index contributed by atoms with van der Waals surface area (Å²) in [6, 6.07) is 24.1. The van der Waals surface area contributed by atoms with Gasteiger partial charge in [-0.15, -0.1) is 11.6 Å². The van der Waals surface area contributed by atoms with Gasteiger partial charge in [0, 0.05) is 30.9 Å². The monoisotopic (exact) mass is 491 g/mol. The lowest BCUT2D eigenvalue weighted by atomic mass is 9.79. The average Bonchev–Trinajstić information content (AvgIpc) is 2.86. The van der Waals surface area contributed by atoms with Gasteiger partial charge in [-0.2, -0.15) is 0 Å². The largest absolute Gasteiger partial charge is 0.396 e. The number of anilines is 2. The normalized spacial score (nSPS) is 16.7. The number of aryl methyl sites for hydroxylation is 2. The Kier molecular flexibility index (Phi) is 8.11. The molecule has 2 unspecified atom stereocenters. The summed E-state index contributed by atoms with van der Waals surface area (Å²) < 4.78 is 0. The molecule has 1 fully saturated rings. The fourth-order valence-electron chi connectivity index (χ4n) is 4.68. The van der Waals surface area contributed by atoms with Crippen LogP contribution in [-0.4, -0.2) is 47.9 Å². The molecule has 3 N–H and O–H groups in total. The molecule has 184 valence electrons. The van der Waals surface area contributed by atoms with E-state index in [4.69, 9.17) is 11.6 Å². The third-order valence-electron chi connectivity index (χ3n) is 6.85. The lowest BCUT2D eigenvalue weighted by Crippen LogP contribution is -2.62. The molecule has 0 bridgehead atoms. The number of aliphatic hydroxyl groups excluding tert-OH is 1. The Balaban J connectivity index is 1.56. The number of alkyl halides is 1. The van der Waals surface area contributed by atoms with Gasteiger partial charge < -0.3 is 20.5 Å². The van der Waals surface area contributed by atoms with Gasteiger partial charge in [0.1, 0.15) is 12.3 Å². The highest BCUT2D eigenvalue weighted by molar-refractivity contribution is 6.18. The molecular formula is C29H34ClN3O2. The summed E-state index contributed by atoms with van der Waals surface area (Å²) in [5, 5.41) is 16.9. The Labute approximate surface area is 213 Å². The number of likely N-dealkylation sites (tertiary alicyclic amines) is 1. The number of halogens is 1. The van der Waals surface area contributed by atoms with Gasteiger partial charge in [-0.1, -0.05) is 71.8 Å². The number of aldehydes is 1. The van der Waals surface area contributed by atoms with Crippen LogP contribution in [-0.2, 0) is 11.3 Å². The average molecular weight is 492 g/mol. The van der Waals surface area contributed by atoms with Crippen LogP contribution in [0, 0.1) is 19.3 Å². The van der Waals surface area contributed by atoms with Crippen LogP contribution in [0.15, 0.2) is 72.8 Å². The summed E-state index contributed by atoms with van der Waals surface area (Å²) in [7, 11) is 0. The first-order chi connectivity index (χ1) is 17.0. The Morgan fingerprint density at radius 3 is 2.14 bits per heavy atom. The summed E-state index contributed by atoms with van der Waals surface area (Å²) in [6.07, 6.45) is 0.987. The number of nitrogens with zero attached hydrogens (tertiary/aromatic N) is 1. The summed E-state index contributed by atoms with van der Waals surface area (Å²) in [6.45, 7) is 6.15. The molecule has 4 rings (SSSR count). The zero-order valence-electron chi connectivity index (χ0n) is 20.4. The van der Waals surface area contributed by atoms with Crippen LogP contribution in [0.25, 0.3) is 0 Å². The quantitative estimate of drug-likeness (QED) is 0.255. The summed E-state index contributed by atoms with van der Waals surface area (Å²) in [5.74, 6) is 0.394. The minimum atomic E-state index is -0.480. The van der Waals surface area contributed by atoms with Crippen molar-refractivity contribution >= 4 is 29.3 Å². The molecule has 1 aliphatic rings. The van der Waals surface area contributed by atoms with E-state index in [0.717, 1.165) is 23.2 Å². The van der Waals surface area contributed by atoms with Crippen molar-refractivity contribution in [1.29, 1.82) is 0 Å². The topological polar surface area (TPSA) is 64.6 Å². The summed E-state index contributed by atoms with van der Waals surface area (Å²) in [4.78, 5) is 14.7. The minimum absolute atomic E-state index is 0.0402. The van der Waals surface area contributed by atoms with Crippen LogP contribution in [0.3, 0.4) is 0 Å². The van der Waals surface area contributed by atoms with E-state index < -0.39 is 6.04 Å². The molecule has 0 saturated carbocycles. The third kappa shape index (κ3) is 5.87. The number of hydrogen-bond donors (Lipinski definition) is 3. The van der Waals surface area contributed by atoms with E-state index in [1.54, 1.807) is 0 Å². The number of carbonyl (C=O) groups excluding carboxylic acids is 1. The van der Waals surface area contributed by atoms with Gasteiger partial charge in [-0.05, 0) is 37.1 Å². The van der Waals surface area contributed by atoms with Crippen molar-refractivity contribution in [2.75, 3.05) is 36.2 Å². The SMILES string of the molecule is Cc1ccc(CNc2ccccc2NC(C=O)C(c2ccc(C)cc2)N2CC(CO)(CCl)C2)cc1. The molecule has 0 radical (unpaired) electrons. The maximum Gasteiger partial charge on any atom is 0.144 e. The van der Waals surface area contributed by atoms with Crippen LogP contribution in [0.1, 0.15) is 28.3 Å². The maximum absolute atomic E-state index is 12.5. The van der Waals surface area contributed by atoms with Crippen LogP contribution in [0.4, 0.5) is 11.4 Å². The van der Waals surface area contributed by atoms with Gasteiger partial charge in [0.2, 0.25) is 0 Å². The van der Waals surface area contributed by atoms with Gasteiger partial charge in [-0.3, -0.25) is 4.90 Å². The van der Waals surface area contributed by atoms with Crippen LogP contribution < -0.4 is 10.6 Å². The van der Waals surface area contributed by atoms with Crippen molar-refractivity contribution in [3.05, 3.63) is 95.1 Å². The zero-order valence-corrected chi connectivity index (χ0v) is 21.1. The molecule has 5 nitrogen and oxygen atoms in total. The summed E-state index contributed by atoms with van der Waals surface area (Å²) in [5.41, 5.74) is 6.16. The first kappa shape index (κ1) is 25.2. The van der Waals surface area contributed by atoms with E-state index in [9.17, 15) is 9.90 Å². The Morgan fingerprint density at radius 1 is 0.971 bits per heavy atom. The molecule has 3 aromatic rings. The molecule has 0 aliphatic carbocycles. The summed E-state index contributed by atoms with van der Waals surface area (Å²) >= 11 is 6.17. The Hall–Kier alpha value is -2.86. The molecule has 1 heterocycles. The fourth-order valence-corrected chi connectivity index (χ4v) is 4.93. The molecule has 0 aromatic heterocycles. The molecule has 6 heteroatoms. The molecule has 3 aromatic carbocycles. The number of carbonyl (C=O) groups is 1. The van der Waals surface area contributed by atoms with E-state index in [-0.39, 0.29) is 18.1 Å². The number of aliphatic hydroxyl groups is 1. The van der Waals surface area contributed by atoms with Crippen molar-refractivity contribution in [2.45, 2.75) is 32.5 Å². The highest BCUT2D eigenvalue weighted by atomic mass is 35.5. The van der Waals surface area contributed by atoms with E-state index >= 15 is 0 Å². The molecule has 1 aliphatic heterocycles. The lowest BCUT2D eigenvalue weighted by Gasteiger charge is -2.53. The predicted octanol–water partition coefficient (Wildman–Crippen LogP) is 5.17. The number of para-hydroxylation sites is 2. The third-order valence-corrected chi connectivity index (χ3v) is 7.41. The van der Waals surface area contributed by atoms with Crippen molar-refractivity contribution in [3.8, 4) is 0 Å². The minimum Gasteiger partial charge on any atom is -0.396 e. The lowest BCUT2D eigenvalue weighted by molar-refractivity contribution is -0.112. The van der Waals surface area contributed by atoms with E-state index in [2.05, 4.69) is 77.9 Å². The molecule has 0 amide bonds. The van der Waals surface area contributed by atoms with E-state index in [1.165, 1.54) is 16.7 Å².